The molecule has 0 spiro atoms. The second-order valence-corrected chi connectivity index (χ2v) is 7.29. The first kappa shape index (κ1) is 19.1. The average molecular weight is 429 g/mol. The van der Waals surface area contributed by atoms with Crippen LogP contribution in [0.15, 0.2) is 58.1 Å². The normalized spacial score (nSPS) is 11.0. The molecule has 0 aliphatic heterocycles. The van der Waals surface area contributed by atoms with E-state index < -0.39 is 4.92 Å². The molecule has 0 unspecified atom stereocenters. The Balaban J connectivity index is 1.47. The van der Waals surface area contributed by atoms with E-state index in [9.17, 15) is 10.1 Å². The number of nitrogens with zero attached hydrogens (tertiary/aromatic N) is 6. The number of nitro benzene ring substituents is 1. The highest BCUT2D eigenvalue weighted by atomic mass is 35.5. The van der Waals surface area contributed by atoms with E-state index in [1.165, 1.54) is 23.9 Å². The molecule has 4 rings (SSSR count). The Bertz CT molecular complexity index is 1170. The van der Waals surface area contributed by atoms with Gasteiger partial charge >= 0.3 is 0 Å². The van der Waals surface area contributed by atoms with Crippen molar-refractivity contribution in [2.24, 2.45) is 7.05 Å². The lowest BCUT2D eigenvalue weighted by Crippen LogP contribution is -1.95. The number of hydrogen-bond donors (Lipinski definition) is 0. The summed E-state index contributed by atoms with van der Waals surface area (Å²) in [5, 5.41) is 28.5. The molecular formula is C18H13ClN6O3S. The number of non-ortho nitro benzene ring substituents is 1. The fourth-order valence-electron chi connectivity index (χ4n) is 2.60. The zero-order valence-corrected chi connectivity index (χ0v) is 16.6. The van der Waals surface area contributed by atoms with Crippen LogP contribution in [0, 0.1) is 10.1 Å². The van der Waals surface area contributed by atoms with Gasteiger partial charge in [0.1, 0.15) is 0 Å². The van der Waals surface area contributed by atoms with E-state index in [2.05, 4.69) is 20.4 Å². The molecule has 2 aromatic carbocycles. The van der Waals surface area contributed by atoms with Crippen LogP contribution < -0.4 is 0 Å². The van der Waals surface area contributed by atoms with Gasteiger partial charge in [0.05, 0.1) is 15.7 Å². The van der Waals surface area contributed by atoms with Crippen LogP contribution in [0.2, 0.25) is 5.02 Å². The summed E-state index contributed by atoms with van der Waals surface area (Å²) in [5.41, 5.74) is 1.41. The van der Waals surface area contributed by atoms with Gasteiger partial charge in [-0.2, -0.15) is 0 Å². The van der Waals surface area contributed by atoms with Crippen LogP contribution in [0.1, 0.15) is 5.89 Å². The molecule has 11 heteroatoms. The Morgan fingerprint density at radius 3 is 2.59 bits per heavy atom. The third-order valence-electron chi connectivity index (χ3n) is 4.07. The standard InChI is InChI=1S/C18H13ClN6O3S/c1-24-16(13-4-2-3-5-14(13)19)21-23-18(24)29-10-15-20-22-17(28-15)11-6-8-12(9-7-11)25(26)27/h2-9H,10H2,1H3. The molecule has 0 bridgehead atoms. The molecule has 0 fully saturated rings. The Labute approximate surface area is 173 Å². The van der Waals surface area contributed by atoms with E-state index in [4.69, 9.17) is 16.0 Å². The molecule has 2 aromatic heterocycles. The first-order valence-corrected chi connectivity index (χ1v) is 9.73. The average Bonchev–Trinajstić information content (AvgIpc) is 3.34. The topological polar surface area (TPSA) is 113 Å². The van der Waals surface area contributed by atoms with Crippen molar-refractivity contribution in [3.8, 4) is 22.8 Å². The van der Waals surface area contributed by atoms with E-state index in [0.29, 0.717) is 39.1 Å². The zero-order valence-electron chi connectivity index (χ0n) is 15.0. The fraction of sp³-hybridized carbons (Fsp3) is 0.111. The molecule has 29 heavy (non-hydrogen) atoms. The number of rotatable bonds is 6. The minimum absolute atomic E-state index is 0.000602. The minimum Gasteiger partial charge on any atom is -0.420 e. The fourth-order valence-corrected chi connectivity index (χ4v) is 3.57. The van der Waals surface area contributed by atoms with Gasteiger partial charge in [0, 0.05) is 30.3 Å². The lowest BCUT2D eigenvalue weighted by atomic mass is 10.2. The molecule has 0 atom stereocenters. The van der Waals surface area contributed by atoms with E-state index >= 15 is 0 Å². The van der Waals surface area contributed by atoms with Crippen molar-refractivity contribution in [1.29, 1.82) is 0 Å². The number of benzene rings is 2. The molecule has 0 radical (unpaired) electrons. The Morgan fingerprint density at radius 2 is 1.86 bits per heavy atom. The molecule has 0 aliphatic carbocycles. The molecule has 0 saturated heterocycles. The largest absolute Gasteiger partial charge is 0.420 e. The summed E-state index contributed by atoms with van der Waals surface area (Å²) >= 11 is 7.64. The van der Waals surface area contributed by atoms with Crippen molar-refractivity contribution in [1.82, 2.24) is 25.0 Å². The van der Waals surface area contributed by atoms with Crippen LogP contribution in [0.4, 0.5) is 5.69 Å². The van der Waals surface area contributed by atoms with Crippen LogP contribution >= 0.6 is 23.4 Å². The van der Waals surface area contributed by atoms with Gasteiger partial charge < -0.3 is 8.98 Å². The van der Waals surface area contributed by atoms with Gasteiger partial charge in [-0.05, 0) is 24.3 Å². The van der Waals surface area contributed by atoms with Gasteiger partial charge in [-0.3, -0.25) is 10.1 Å². The number of thioether (sulfide) groups is 1. The summed E-state index contributed by atoms with van der Waals surface area (Å²) in [6.07, 6.45) is 0. The summed E-state index contributed by atoms with van der Waals surface area (Å²) in [6, 6.07) is 13.4. The molecule has 146 valence electrons. The maximum atomic E-state index is 10.7. The van der Waals surface area contributed by atoms with E-state index in [0.717, 1.165) is 5.56 Å². The number of aromatic nitrogens is 5. The van der Waals surface area contributed by atoms with Crippen LogP contribution in [0.5, 0.6) is 0 Å². The predicted octanol–water partition coefficient (Wildman–Crippen LogP) is 4.39. The van der Waals surface area contributed by atoms with Crippen LogP contribution in [-0.4, -0.2) is 29.9 Å². The third-order valence-corrected chi connectivity index (χ3v) is 5.40. The second kappa shape index (κ2) is 8.02. The van der Waals surface area contributed by atoms with Gasteiger partial charge in [-0.25, -0.2) is 0 Å². The number of nitro groups is 1. The van der Waals surface area contributed by atoms with Gasteiger partial charge in [0.2, 0.25) is 11.8 Å². The van der Waals surface area contributed by atoms with Crippen molar-refractivity contribution in [3.63, 3.8) is 0 Å². The highest BCUT2D eigenvalue weighted by molar-refractivity contribution is 7.98. The minimum atomic E-state index is -0.461. The van der Waals surface area contributed by atoms with Crippen LogP contribution in [0.3, 0.4) is 0 Å². The lowest BCUT2D eigenvalue weighted by Gasteiger charge is -2.04. The molecule has 2 heterocycles. The predicted molar refractivity (Wildman–Crippen MR) is 107 cm³/mol. The monoisotopic (exact) mass is 428 g/mol. The van der Waals surface area contributed by atoms with Gasteiger partial charge in [0.15, 0.2) is 11.0 Å². The van der Waals surface area contributed by atoms with Crippen molar-refractivity contribution >= 4 is 29.1 Å². The maximum absolute atomic E-state index is 10.7. The summed E-state index contributed by atoms with van der Waals surface area (Å²) in [6.45, 7) is 0. The van der Waals surface area contributed by atoms with Crippen LogP contribution in [-0.2, 0) is 12.8 Å². The van der Waals surface area contributed by atoms with Gasteiger partial charge in [0.25, 0.3) is 5.69 Å². The molecule has 9 nitrogen and oxygen atoms in total. The van der Waals surface area contributed by atoms with Crippen molar-refractivity contribution in [3.05, 3.63) is 69.6 Å². The maximum Gasteiger partial charge on any atom is 0.269 e. The van der Waals surface area contributed by atoms with Gasteiger partial charge in [-0.1, -0.05) is 35.5 Å². The first-order chi connectivity index (χ1) is 14.0. The van der Waals surface area contributed by atoms with Crippen molar-refractivity contribution < 1.29 is 9.34 Å². The molecule has 0 amide bonds. The summed E-state index contributed by atoms with van der Waals surface area (Å²) in [4.78, 5) is 10.3. The summed E-state index contributed by atoms with van der Waals surface area (Å²) in [7, 11) is 1.86. The highest BCUT2D eigenvalue weighted by Crippen LogP contribution is 2.30. The zero-order chi connectivity index (χ0) is 20.4. The molecular weight excluding hydrogens is 416 g/mol. The van der Waals surface area contributed by atoms with Crippen LogP contribution in [0.25, 0.3) is 22.8 Å². The number of hydrogen-bond acceptors (Lipinski definition) is 8. The second-order valence-electron chi connectivity index (χ2n) is 5.94. The van der Waals surface area contributed by atoms with Gasteiger partial charge in [-0.15, -0.1) is 20.4 Å². The van der Waals surface area contributed by atoms with Crippen molar-refractivity contribution in [2.75, 3.05) is 0 Å². The molecule has 0 N–H and O–H groups in total. The Kier molecular flexibility index (Phi) is 5.28. The quantitative estimate of drug-likeness (QED) is 0.252. The Hall–Kier alpha value is -3.24. The lowest BCUT2D eigenvalue weighted by molar-refractivity contribution is -0.384. The summed E-state index contributed by atoms with van der Waals surface area (Å²) in [5.74, 6) is 1.76. The molecule has 0 saturated carbocycles. The highest BCUT2D eigenvalue weighted by Gasteiger charge is 2.16. The Morgan fingerprint density at radius 1 is 1.10 bits per heavy atom. The van der Waals surface area contributed by atoms with Crippen molar-refractivity contribution in [2.45, 2.75) is 10.9 Å². The third kappa shape index (κ3) is 3.98. The van der Waals surface area contributed by atoms with E-state index in [1.807, 2.05) is 29.8 Å². The summed E-state index contributed by atoms with van der Waals surface area (Å²) < 4.78 is 7.50. The number of halogens is 1. The SMILES string of the molecule is Cn1c(SCc2nnc(-c3ccc([N+](=O)[O-])cc3)o2)nnc1-c1ccccc1Cl. The first-order valence-electron chi connectivity index (χ1n) is 8.37. The smallest absolute Gasteiger partial charge is 0.269 e. The van der Waals surface area contributed by atoms with E-state index in [-0.39, 0.29) is 5.69 Å². The molecule has 0 aliphatic rings. The van der Waals surface area contributed by atoms with E-state index in [1.54, 1.807) is 18.2 Å². The molecule has 4 aromatic rings.